The van der Waals surface area contributed by atoms with Crippen molar-refractivity contribution < 1.29 is 19.1 Å². The van der Waals surface area contributed by atoms with Crippen molar-refractivity contribution in [2.45, 2.75) is 25.8 Å². The predicted octanol–water partition coefficient (Wildman–Crippen LogP) is 2.46. The largest absolute Gasteiger partial charge is 0.480 e. The third kappa shape index (κ3) is 3.70. The van der Waals surface area contributed by atoms with E-state index in [9.17, 15) is 14.0 Å². The van der Waals surface area contributed by atoms with E-state index in [2.05, 4.69) is 5.32 Å². The summed E-state index contributed by atoms with van der Waals surface area (Å²) in [6, 6.07) is 2.59. The van der Waals surface area contributed by atoms with E-state index in [1.54, 1.807) is 0 Å². The molecule has 0 saturated carbocycles. The number of carbonyl (C=O) groups excluding carboxylic acids is 1. The second-order valence-electron chi connectivity index (χ2n) is 3.78. The number of rotatable bonds is 5. The molecular weight excluding hydrogens is 261 g/mol. The molecule has 0 aromatic heterocycles. The van der Waals surface area contributed by atoms with Crippen molar-refractivity contribution >= 4 is 23.5 Å². The van der Waals surface area contributed by atoms with Gasteiger partial charge in [0.05, 0.1) is 5.02 Å². The average molecular weight is 274 g/mol. The molecule has 0 spiro atoms. The minimum absolute atomic E-state index is 0.0410. The summed E-state index contributed by atoms with van der Waals surface area (Å²) < 4.78 is 13.2. The zero-order valence-corrected chi connectivity index (χ0v) is 10.5. The van der Waals surface area contributed by atoms with Crippen LogP contribution in [0.15, 0.2) is 18.2 Å². The topological polar surface area (TPSA) is 66.4 Å². The van der Waals surface area contributed by atoms with Crippen LogP contribution in [0.5, 0.6) is 0 Å². The molecule has 1 aromatic carbocycles. The zero-order chi connectivity index (χ0) is 13.7. The average Bonchev–Trinajstić information content (AvgIpc) is 2.31. The van der Waals surface area contributed by atoms with E-state index < -0.39 is 23.7 Å². The number of carboxylic acids is 1. The minimum atomic E-state index is -1.11. The van der Waals surface area contributed by atoms with Crippen LogP contribution in [-0.2, 0) is 4.79 Å². The van der Waals surface area contributed by atoms with Crippen LogP contribution < -0.4 is 5.32 Å². The quantitative estimate of drug-likeness (QED) is 0.866. The molecule has 98 valence electrons. The highest BCUT2D eigenvalue weighted by Crippen LogP contribution is 2.15. The molecule has 18 heavy (non-hydrogen) atoms. The highest BCUT2D eigenvalue weighted by Gasteiger charge is 2.20. The van der Waals surface area contributed by atoms with Crippen molar-refractivity contribution in [3.63, 3.8) is 0 Å². The van der Waals surface area contributed by atoms with Crippen LogP contribution in [0.2, 0.25) is 5.02 Å². The fraction of sp³-hybridized carbons (Fsp3) is 0.333. The van der Waals surface area contributed by atoms with Gasteiger partial charge in [-0.1, -0.05) is 24.9 Å². The Morgan fingerprint density at radius 2 is 2.17 bits per heavy atom. The summed E-state index contributed by atoms with van der Waals surface area (Å²) in [6.45, 7) is 1.81. The Morgan fingerprint density at radius 3 is 2.67 bits per heavy atom. The van der Waals surface area contributed by atoms with Crippen molar-refractivity contribution in [1.82, 2.24) is 5.32 Å². The van der Waals surface area contributed by atoms with E-state index in [0.29, 0.717) is 12.8 Å². The molecule has 0 unspecified atom stereocenters. The summed E-state index contributed by atoms with van der Waals surface area (Å²) in [5, 5.41) is 11.1. The first-order chi connectivity index (χ1) is 8.45. The van der Waals surface area contributed by atoms with Crippen LogP contribution in [0.4, 0.5) is 4.39 Å². The Morgan fingerprint density at radius 1 is 1.50 bits per heavy atom. The third-order valence-corrected chi connectivity index (χ3v) is 2.67. The van der Waals surface area contributed by atoms with Crippen LogP contribution in [-0.4, -0.2) is 23.0 Å². The SMILES string of the molecule is CCC[C@@H](NC(=O)c1ccc(Cl)c(F)c1)C(=O)O. The number of nitrogens with one attached hydrogen (secondary N) is 1. The number of aliphatic carboxylic acids is 1. The second-order valence-corrected chi connectivity index (χ2v) is 4.19. The van der Waals surface area contributed by atoms with Crippen molar-refractivity contribution in [2.75, 3.05) is 0 Å². The maximum absolute atomic E-state index is 13.2. The van der Waals surface area contributed by atoms with Gasteiger partial charge >= 0.3 is 5.97 Å². The number of hydrogen-bond acceptors (Lipinski definition) is 2. The van der Waals surface area contributed by atoms with E-state index in [1.165, 1.54) is 12.1 Å². The Bertz CT molecular complexity index is 465. The first kappa shape index (κ1) is 14.4. The molecule has 0 fully saturated rings. The van der Waals surface area contributed by atoms with Gasteiger partial charge < -0.3 is 10.4 Å². The standard InChI is InChI=1S/C12H13ClFNO3/c1-2-3-10(12(17)18)15-11(16)7-4-5-8(13)9(14)6-7/h4-6,10H,2-3H2,1H3,(H,15,16)(H,17,18)/t10-/m1/s1. The maximum Gasteiger partial charge on any atom is 0.326 e. The maximum atomic E-state index is 13.2. The fourth-order valence-electron chi connectivity index (χ4n) is 1.43. The highest BCUT2D eigenvalue weighted by molar-refractivity contribution is 6.30. The Labute approximate surface area is 109 Å². The number of carbonyl (C=O) groups is 2. The zero-order valence-electron chi connectivity index (χ0n) is 9.74. The highest BCUT2D eigenvalue weighted by atomic mass is 35.5. The summed E-state index contributed by atoms with van der Waals surface area (Å²) in [4.78, 5) is 22.6. The van der Waals surface area contributed by atoms with Crippen LogP contribution >= 0.6 is 11.6 Å². The Hall–Kier alpha value is -1.62. The number of halogens is 2. The summed E-state index contributed by atoms with van der Waals surface area (Å²) in [7, 11) is 0. The molecule has 1 atom stereocenters. The number of hydrogen-bond donors (Lipinski definition) is 2. The Balaban J connectivity index is 2.80. The molecule has 0 aliphatic heterocycles. The molecule has 1 amide bonds. The minimum Gasteiger partial charge on any atom is -0.480 e. The Kier molecular flexibility index (Phi) is 5.09. The molecule has 2 N–H and O–H groups in total. The van der Waals surface area contributed by atoms with E-state index in [-0.39, 0.29) is 10.6 Å². The molecule has 0 radical (unpaired) electrons. The monoisotopic (exact) mass is 273 g/mol. The summed E-state index contributed by atoms with van der Waals surface area (Å²) in [5.74, 6) is -2.46. The van der Waals surface area contributed by atoms with Gasteiger partial charge in [0, 0.05) is 5.56 Å². The first-order valence-corrected chi connectivity index (χ1v) is 5.82. The second kappa shape index (κ2) is 6.35. The van der Waals surface area contributed by atoms with Gasteiger partial charge in [-0.15, -0.1) is 0 Å². The van der Waals surface area contributed by atoms with Crippen molar-refractivity contribution in [2.24, 2.45) is 0 Å². The number of benzene rings is 1. The summed E-state index contributed by atoms with van der Waals surface area (Å²) in [6.07, 6.45) is 0.934. The van der Waals surface area contributed by atoms with Crippen molar-refractivity contribution in [1.29, 1.82) is 0 Å². The lowest BCUT2D eigenvalue weighted by atomic mass is 10.1. The normalized spacial score (nSPS) is 11.9. The van der Waals surface area contributed by atoms with Gasteiger partial charge in [0.2, 0.25) is 0 Å². The van der Waals surface area contributed by atoms with E-state index in [0.717, 1.165) is 6.07 Å². The van der Waals surface area contributed by atoms with Crippen LogP contribution in [0.3, 0.4) is 0 Å². The lowest BCUT2D eigenvalue weighted by Gasteiger charge is -2.13. The molecule has 0 aliphatic rings. The van der Waals surface area contributed by atoms with E-state index >= 15 is 0 Å². The summed E-state index contributed by atoms with van der Waals surface area (Å²) >= 11 is 5.49. The molecule has 0 heterocycles. The van der Waals surface area contributed by atoms with Crippen molar-refractivity contribution in [3.05, 3.63) is 34.6 Å². The van der Waals surface area contributed by atoms with E-state index in [4.69, 9.17) is 16.7 Å². The molecule has 1 aromatic rings. The summed E-state index contributed by atoms with van der Waals surface area (Å²) in [5.41, 5.74) is 0.0410. The van der Waals surface area contributed by atoms with Crippen LogP contribution in [0, 0.1) is 5.82 Å². The molecule has 0 aliphatic carbocycles. The van der Waals surface area contributed by atoms with Gasteiger partial charge in [0.1, 0.15) is 11.9 Å². The molecular formula is C12H13ClFNO3. The van der Waals surface area contributed by atoms with Gasteiger partial charge in [-0.3, -0.25) is 4.79 Å². The van der Waals surface area contributed by atoms with Gasteiger partial charge in [0.25, 0.3) is 5.91 Å². The van der Waals surface area contributed by atoms with E-state index in [1.807, 2.05) is 6.92 Å². The molecule has 4 nitrogen and oxygen atoms in total. The van der Waals surface area contributed by atoms with Gasteiger partial charge in [-0.25, -0.2) is 9.18 Å². The van der Waals surface area contributed by atoms with Crippen LogP contribution in [0.1, 0.15) is 30.1 Å². The molecule has 1 rings (SSSR count). The fourth-order valence-corrected chi connectivity index (χ4v) is 1.54. The van der Waals surface area contributed by atoms with Crippen LogP contribution in [0.25, 0.3) is 0 Å². The van der Waals surface area contributed by atoms with Gasteiger partial charge in [0.15, 0.2) is 0 Å². The first-order valence-electron chi connectivity index (χ1n) is 5.44. The molecule has 0 bridgehead atoms. The number of carboxylic acid groups (broad SMARTS) is 1. The van der Waals surface area contributed by atoms with Gasteiger partial charge in [-0.05, 0) is 24.6 Å². The third-order valence-electron chi connectivity index (χ3n) is 2.36. The molecule has 0 saturated heterocycles. The number of amides is 1. The lowest BCUT2D eigenvalue weighted by Crippen LogP contribution is -2.40. The van der Waals surface area contributed by atoms with Gasteiger partial charge in [-0.2, -0.15) is 0 Å². The van der Waals surface area contributed by atoms with Crippen molar-refractivity contribution in [3.8, 4) is 0 Å². The smallest absolute Gasteiger partial charge is 0.326 e. The predicted molar refractivity (Wildman–Crippen MR) is 65.2 cm³/mol. The molecule has 6 heteroatoms. The lowest BCUT2D eigenvalue weighted by molar-refractivity contribution is -0.139.